The van der Waals surface area contributed by atoms with Crippen molar-refractivity contribution < 1.29 is 26.7 Å². The molecule has 0 unspecified atom stereocenters. The van der Waals surface area contributed by atoms with Gasteiger partial charge < -0.3 is 9.59 Å². The van der Waals surface area contributed by atoms with Crippen LogP contribution in [0.1, 0.15) is 0 Å². The van der Waals surface area contributed by atoms with Crippen molar-refractivity contribution in [1.82, 2.24) is 0 Å². The van der Waals surface area contributed by atoms with E-state index in [0.29, 0.717) is 0 Å². The van der Waals surface area contributed by atoms with Gasteiger partial charge >= 0.3 is 90.3 Å². The predicted octanol–water partition coefficient (Wildman–Crippen LogP) is -1.94. The van der Waals surface area contributed by atoms with Crippen LogP contribution in [-0.2, 0) is 17.1 Å². The maximum Gasteiger partial charge on any atom is 0 e. The number of quaternary nitrogens is 1. The van der Waals surface area contributed by atoms with Gasteiger partial charge in [0.1, 0.15) is 6.54 Å². The molecule has 0 aliphatic heterocycles. The van der Waals surface area contributed by atoms with Crippen LogP contribution in [0.15, 0.2) is 0 Å². The molecule has 7 heteroatoms. The fourth-order valence-electron chi connectivity index (χ4n) is 0.300. The molecular formula is C5H19CaFeMgNNaOP+. The first-order chi connectivity index (χ1) is 3.06. The van der Waals surface area contributed by atoms with Crippen LogP contribution < -0.4 is 0 Å². The molecule has 0 saturated carbocycles. The largest absolute Gasteiger partial charge is 0 e. The minimum Gasteiger partial charge on any atom is 0 e. The average Bonchev–Trinajstić information content (AvgIpc) is 1.30. The summed E-state index contributed by atoms with van der Waals surface area (Å²) in [6, 6.07) is 0. The van der Waals surface area contributed by atoms with Gasteiger partial charge in [0.05, 0.1) is 27.7 Å². The van der Waals surface area contributed by atoms with E-state index in [1.165, 1.54) is 0 Å². The zero-order chi connectivity index (χ0) is 5.91. The Hall–Kier alpha value is 3.90. The summed E-state index contributed by atoms with van der Waals surface area (Å²) in [7, 11) is 6.16. The van der Waals surface area contributed by atoms with Crippen LogP contribution in [0.5, 0.6) is 0 Å². The third-order valence-electron chi connectivity index (χ3n) is 0.771. The van der Waals surface area contributed by atoms with Gasteiger partial charge in [0.25, 0.3) is 0 Å². The normalized spacial score (nSPS) is 7.00. The number of hydrogen-bond acceptors (Lipinski definition) is 1. The Bertz CT molecular complexity index is 69.9. The topological polar surface area (TPSA) is 20.2 Å². The van der Waals surface area contributed by atoms with Crippen LogP contribution in [0.3, 0.4) is 0 Å². The molecule has 1 N–H and O–H groups in total. The summed E-state index contributed by atoms with van der Waals surface area (Å²) in [6.07, 6.45) is 0. The summed E-state index contributed by atoms with van der Waals surface area (Å²) < 4.78 is 0.844. The van der Waals surface area contributed by atoms with Gasteiger partial charge in [-0.05, 0) is 0 Å². The molecule has 0 amide bonds. The molecule has 0 aliphatic carbocycles. The zero-order valence-corrected chi connectivity index (χ0v) is 8.11. The maximum absolute atomic E-state index is 8.39. The van der Waals surface area contributed by atoms with Crippen LogP contribution in [0, 0.1) is 0 Å². The van der Waals surface area contributed by atoms with Gasteiger partial charge in [0.15, 0.2) is 0 Å². The molecule has 0 aliphatic rings. The minimum absolute atomic E-state index is 0. The van der Waals surface area contributed by atoms with E-state index in [1.54, 1.807) is 0 Å². The van der Waals surface area contributed by atoms with Crippen molar-refractivity contribution in [3.63, 3.8) is 0 Å². The molecule has 0 bridgehead atoms. The Labute approximate surface area is 158 Å². The van der Waals surface area contributed by atoms with Crippen molar-refractivity contribution in [2.24, 2.45) is 0 Å². The fraction of sp³-hybridized carbons (Fsp3) is 1.00. The molecule has 0 aromatic heterocycles. The molecule has 0 spiro atoms. The van der Waals surface area contributed by atoms with Gasteiger partial charge in [-0.1, -0.05) is 0 Å². The molecular weight excluding hydrogens is 264 g/mol. The second-order valence-corrected chi connectivity index (χ2v) is 2.74. The zero-order valence-electron chi connectivity index (χ0n) is 6.11. The molecule has 0 saturated heterocycles. The molecule has 0 aromatic carbocycles. The van der Waals surface area contributed by atoms with E-state index in [0.717, 1.165) is 11.0 Å². The van der Waals surface area contributed by atoms with Gasteiger partial charge in [0, 0.05) is 27.0 Å². The summed E-state index contributed by atoms with van der Waals surface area (Å²) in [5, 5.41) is 8.39. The van der Waals surface area contributed by atoms with E-state index in [2.05, 4.69) is 21.1 Å². The van der Waals surface area contributed by atoms with Crippen molar-refractivity contribution >= 4 is 100 Å². The number of hydrogen-bond donors (Lipinski definition) is 1. The molecule has 0 rings (SSSR count). The molecule has 67 valence electrons. The maximum atomic E-state index is 8.39. The summed E-state index contributed by atoms with van der Waals surface area (Å²) in [5.74, 6) is 0. The Kier molecular flexibility index (Phi) is 61.0. The summed E-state index contributed by atoms with van der Waals surface area (Å²) in [6.45, 7) is 1.11. The van der Waals surface area contributed by atoms with E-state index < -0.39 is 0 Å². The summed E-state index contributed by atoms with van der Waals surface area (Å²) >= 11 is 0. The van der Waals surface area contributed by atoms with Gasteiger partial charge in [-0.15, -0.1) is 0 Å². The fourth-order valence-corrected chi connectivity index (χ4v) is 0.300. The summed E-state index contributed by atoms with van der Waals surface area (Å²) in [4.78, 5) is 0. The SMILES string of the molecule is C[N+](C)(C)CCO.[CaH2].[Fe].[MgH2].[NaH].[P]. The molecule has 3 radical (unpaired) electrons. The third kappa shape index (κ3) is 37.1. The van der Waals surface area contributed by atoms with Crippen LogP contribution in [0.25, 0.3) is 0 Å². The predicted molar refractivity (Wildman–Crippen MR) is 61.1 cm³/mol. The van der Waals surface area contributed by atoms with Crippen molar-refractivity contribution in [2.75, 3.05) is 34.3 Å². The second kappa shape index (κ2) is 20.3. The number of rotatable bonds is 2. The van der Waals surface area contributed by atoms with Crippen LogP contribution >= 0.6 is 9.90 Å². The monoisotopic (exact) mass is 283 g/mol. The first-order valence-electron chi connectivity index (χ1n) is 2.47. The molecule has 0 aromatic rings. The van der Waals surface area contributed by atoms with Gasteiger partial charge in [0.2, 0.25) is 0 Å². The smallest absolute Gasteiger partial charge is 0 e. The molecule has 0 atom stereocenters. The molecule has 12 heavy (non-hydrogen) atoms. The summed E-state index contributed by atoms with van der Waals surface area (Å²) in [5.41, 5.74) is 0. The van der Waals surface area contributed by atoms with Crippen molar-refractivity contribution in [1.29, 1.82) is 0 Å². The molecule has 0 fully saturated rings. The van der Waals surface area contributed by atoms with Crippen molar-refractivity contribution in [3.05, 3.63) is 0 Å². The van der Waals surface area contributed by atoms with E-state index in [1.807, 2.05) is 0 Å². The third-order valence-corrected chi connectivity index (χ3v) is 0.771. The van der Waals surface area contributed by atoms with Crippen LogP contribution in [0.4, 0.5) is 0 Å². The Morgan fingerprint density at radius 2 is 1.42 bits per heavy atom. The van der Waals surface area contributed by atoms with E-state index in [-0.39, 0.29) is 124 Å². The number of aliphatic hydroxyl groups excluding tert-OH is 1. The number of likely N-dealkylation sites (N-methyl/N-ethyl adjacent to an activating group) is 1. The van der Waals surface area contributed by atoms with E-state index in [9.17, 15) is 0 Å². The van der Waals surface area contributed by atoms with Crippen molar-refractivity contribution in [3.8, 4) is 0 Å². The van der Waals surface area contributed by atoms with Gasteiger partial charge in [-0.3, -0.25) is 0 Å². The average molecular weight is 283 g/mol. The molecule has 2 nitrogen and oxygen atoms in total. The van der Waals surface area contributed by atoms with Crippen molar-refractivity contribution in [2.45, 2.75) is 0 Å². The second-order valence-electron chi connectivity index (χ2n) is 2.74. The Balaban J connectivity index is -0.0000000180. The Morgan fingerprint density at radius 1 is 1.17 bits per heavy atom. The number of aliphatic hydroxyl groups is 1. The first kappa shape index (κ1) is 36.0. The van der Waals surface area contributed by atoms with Gasteiger partial charge in [-0.2, -0.15) is 0 Å². The van der Waals surface area contributed by atoms with Crippen LogP contribution in [0.2, 0.25) is 0 Å². The first-order valence-corrected chi connectivity index (χ1v) is 2.47. The molecule has 0 heterocycles. The quantitative estimate of drug-likeness (QED) is 0.355. The Morgan fingerprint density at radius 3 is 1.42 bits per heavy atom. The van der Waals surface area contributed by atoms with E-state index >= 15 is 0 Å². The number of nitrogens with zero attached hydrogens (tertiary/aromatic N) is 1. The van der Waals surface area contributed by atoms with E-state index in [4.69, 9.17) is 5.11 Å². The van der Waals surface area contributed by atoms with Gasteiger partial charge in [-0.25, -0.2) is 0 Å². The standard InChI is InChI=1S/C5H14NO.Ca.Fe.Mg.Na.P.5H/c1-6(2,3)4-5-7;;;;;;;;;;/h7H,4-5H2,1-3H3;;;;;;;;;;/q+1;;;;;;;;;;. The minimum atomic E-state index is 0. The van der Waals surface area contributed by atoms with Crippen LogP contribution in [-0.4, -0.2) is 134 Å².